The molecule has 0 saturated carbocycles. The van der Waals surface area contributed by atoms with E-state index in [0.717, 1.165) is 47.1 Å². The molecule has 2 atom stereocenters. The van der Waals surface area contributed by atoms with Gasteiger partial charge in [0.25, 0.3) is 5.91 Å². The standard InChI is InChI=1S/C30H31FN4O3/c1-19-26-12-9-23(22-7-10-24(31)11-8-22)14-27(26)34-28(19)29(36)33-15-25-13-21(18-38-30(32)37)17-35(25)16-20-5-3-2-4-6-20/h2-12,14,21,25,34H,13,15-18H2,1H3,(H2,32,37)(H,33,36)/t21-,25+/m1/s1. The number of carbonyl (C=O) groups excluding carboxylic acids is 2. The van der Waals surface area contributed by atoms with Gasteiger partial charge in [-0.1, -0.05) is 54.6 Å². The number of aromatic nitrogens is 1. The Morgan fingerprint density at radius 2 is 1.82 bits per heavy atom. The Hall–Kier alpha value is -4.17. The molecule has 1 aliphatic heterocycles. The van der Waals surface area contributed by atoms with Gasteiger partial charge >= 0.3 is 6.09 Å². The van der Waals surface area contributed by atoms with Crippen molar-refractivity contribution < 1.29 is 18.7 Å². The molecule has 0 spiro atoms. The fourth-order valence-corrected chi connectivity index (χ4v) is 5.32. The largest absolute Gasteiger partial charge is 0.449 e. The van der Waals surface area contributed by atoms with Crippen LogP contribution < -0.4 is 11.1 Å². The number of halogens is 1. The van der Waals surface area contributed by atoms with Crippen LogP contribution in [-0.4, -0.2) is 47.6 Å². The second-order valence-corrected chi connectivity index (χ2v) is 9.90. The highest BCUT2D eigenvalue weighted by molar-refractivity contribution is 6.01. The molecule has 2 heterocycles. The molecule has 1 aromatic heterocycles. The number of hydrogen-bond donors (Lipinski definition) is 3. The molecule has 0 unspecified atom stereocenters. The van der Waals surface area contributed by atoms with Gasteiger partial charge in [0.1, 0.15) is 11.5 Å². The smallest absolute Gasteiger partial charge is 0.404 e. The monoisotopic (exact) mass is 514 g/mol. The van der Waals surface area contributed by atoms with Crippen molar-refractivity contribution >= 4 is 22.9 Å². The van der Waals surface area contributed by atoms with E-state index in [9.17, 15) is 14.0 Å². The van der Waals surface area contributed by atoms with Crippen molar-refractivity contribution in [3.63, 3.8) is 0 Å². The van der Waals surface area contributed by atoms with Gasteiger partial charge < -0.3 is 20.8 Å². The van der Waals surface area contributed by atoms with Crippen molar-refractivity contribution in [2.75, 3.05) is 19.7 Å². The Bertz CT molecular complexity index is 1440. The number of nitrogens with zero attached hydrogens (tertiary/aromatic N) is 1. The van der Waals surface area contributed by atoms with Gasteiger partial charge in [0.05, 0.1) is 6.61 Å². The topological polar surface area (TPSA) is 100 Å². The van der Waals surface area contributed by atoms with E-state index in [4.69, 9.17) is 10.5 Å². The summed E-state index contributed by atoms with van der Waals surface area (Å²) in [7, 11) is 0. The third-order valence-corrected chi connectivity index (χ3v) is 7.27. The number of benzene rings is 3. The van der Waals surface area contributed by atoms with Crippen molar-refractivity contribution in [1.82, 2.24) is 15.2 Å². The number of nitrogens with one attached hydrogen (secondary N) is 2. The van der Waals surface area contributed by atoms with Gasteiger partial charge in [0, 0.05) is 42.5 Å². The summed E-state index contributed by atoms with van der Waals surface area (Å²) < 4.78 is 18.4. The number of carbonyl (C=O) groups is 2. The maximum atomic E-state index is 13.3. The highest BCUT2D eigenvalue weighted by atomic mass is 19.1. The van der Waals surface area contributed by atoms with Gasteiger partial charge in [-0.2, -0.15) is 0 Å². The maximum Gasteiger partial charge on any atom is 0.404 e. The third kappa shape index (κ3) is 5.70. The minimum atomic E-state index is -0.770. The summed E-state index contributed by atoms with van der Waals surface area (Å²) in [6.45, 7) is 4.16. The lowest BCUT2D eigenvalue weighted by Gasteiger charge is -2.24. The first-order chi connectivity index (χ1) is 18.4. The lowest BCUT2D eigenvalue weighted by Crippen LogP contribution is -2.40. The highest BCUT2D eigenvalue weighted by Gasteiger charge is 2.33. The van der Waals surface area contributed by atoms with Crippen molar-refractivity contribution in [1.29, 1.82) is 0 Å². The van der Waals surface area contributed by atoms with Crippen LogP contribution in [-0.2, 0) is 11.3 Å². The first kappa shape index (κ1) is 25.5. The number of aromatic amines is 1. The van der Waals surface area contributed by atoms with Crippen LogP contribution in [0.4, 0.5) is 9.18 Å². The van der Waals surface area contributed by atoms with Crippen molar-refractivity contribution in [2.24, 2.45) is 11.7 Å². The Balaban J connectivity index is 1.29. The van der Waals surface area contributed by atoms with Crippen molar-refractivity contribution in [3.05, 3.63) is 95.4 Å². The van der Waals surface area contributed by atoms with Crippen LogP contribution in [0, 0.1) is 18.7 Å². The summed E-state index contributed by atoms with van der Waals surface area (Å²) in [5.74, 6) is -0.299. The van der Waals surface area contributed by atoms with E-state index in [1.54, 1.807) is 12.1 Å². The van der Waals surface area contributed by atoms with E-state index in [1.807, 2.05) is 43.3 Å². The lowest BCUT2D eigenvalue weighted by atomic mass is 10.0. The molecule has 1 aliphatic rings. The van der Waals surface area contributed by atoms with E-state index in [0.29, 0.717) is 12.2 Å². The number of ether oxygens (including phenoxy) is 1. The highest BCUT2D eigenvalue weighted by Crippen LogP contribution is 2.29. The lowest BCUT2D eigenvalue weighted by molar-refractivity contribution is 0.0935. The molecule has 8 heteroatoms. The average molecular weight is 515 g/mol. The minimum absolute atomic E-state index is 0.0930. The van der Waals surface area contributed by atoms with Crippen LogP contribution in [0.1, 0.15) is 28.0 Å². The van der Waals surface area contributed by atoms with Gasteiger partial charge in [0.2, 0.25) is 0 Å². The first-order valence-corrected chi connectivity index (χ1v) is 12.7. The maximum absolute atomic E-state index is 13.3. The summed E-state index contributed by atoms with van der Waals surface area (Å²) in [5.41, 5.74) is 10.5. The van der Waals surface area contributed by atoms with Crippen molar-refractivity contribution in [2.45, 2.75) is 25.9 Å². The molecule has 196 valence electrons. The van der Waals surface area contributed by atoms with Crippen LogP contribution in [0.2, 0.25) is 0 Å². The molecule has 0 radical (unpaired) electrons. The Kier molecular flexibility index (Phi) is 7.42. The van der Waals surface area contributed by atoms with E-state index in [-0.39, 0.29) is 30.3 Å². The third-order valence-electron chi connectivity index (χ3n) is 7.27. The summed E-state index contributed by atoms with van der Waals surface area (Å²) >= 11 is 0. The molecule has 38 heavy (non-hydrogen) atoms. The molecule has 4 N–H and O–H groups in total. The van der Waals surface area contributed by atoms with Gasteiger partial charge in [-0.3, -0.25) is 9.69 Å². The molecular formula is C30H31FN4O3. The summed E-state index contributed by atoms with van der Waals surface area (Å²) in [4.78, 5) is 30.0. The van der Waals surface area contributed by atoms with E-state index < -0.39 is 6.09 Å². The fraction of sp³-hybridized carbons (Fsp3) is 0.267. The first-order valence-electron chi connectivity index (χ1n) is 12.7. The summed E-state index contributed by atoms with van der Waals surface area (Å²) in [5, 5.41) is 4.08. The van der Waals surface area contributed by atoms with Crippen LogP contribution in [0.3, 0.4) is 0 Å². The van der Waals surface area contributed by atoms with E-state index in [1.165, 1.54) is 17.7 Å². The number of rotatable bonds is 8. The molecule has 0 aliphatic carbocycles. The molecule has 4 aromatic rings. The summed E-state index contributed by atoms with van der Waals surface area (Å²) in [6, 6.07) is 22.6. The molecule has 1 fully saturated rings. The number of likely N-dealkylation sites (tertiary alicyclic amines) is 1. The number of aryl methyl sites for hydroxylation is 1. The fourth-order valence-electron chi connectivity index (χ4n) is 5.32. The van der Waals surface area contributed by atoms with Gasteiger partial charge in [0.15, 0.2) is 0 Å². The van der Waals surface area contributed by atoms with Gasteiger partial charge in [-0.05, 0) is 53.8 Å². The summed E-state index contributed by atoms with van der Waals surface area (Å²) in [6.07, 6.45) is 0.0147. The Labute approximate surface area is 220 Å². The van der Waals surface area contributed by atoms with Gasteiger partial charge in [-0.15, -0.1) is 0 Å². The molecule has 5 rings (SSSR count). The minimum Gasteiger partial charge on any atom is -0.449 e. The molecule has 7 nitrogen and oxygen atoms in total. The SMILES string of the molecule is Cc1c(C(=O)NC[C@@H]2C[C@@H](COC(N)=O)CN2Cc2ccccc2)[nH]c2cc(-c3ccc(F)cc3)ccc12. The number of fused-ring (bicyclic) bond motifs is 1. The van der Waals surface area contributed by atoms with E-state index in [2.05, 4.69) is 27.3 Å². The quantitative estimate of drug-likeness (QED) is 0.308. The normalized spacial score (nSPS) is 17.5. The number of hydrogen-bond acceptors (Lipinski definition) is 4. The Morgan fingerprint density at radius 1 is 1.08 bits per heavy atom. The molecular weight excluding hydrogens is 483 g/mol. The molecule has 3 aromatic carbocycles. The number of H-pyrrole nitrogens is 1. The van der Waals surface area contributed by atoms with E-state index >= 15 is 0 Å². The second-order valence-electron chi connectivity index (χ2n) is 9.90. The zero-order valence-corrected chi connectivity index (χ0v) is 21.2. The number of amides is 2. The number of primary amides is 1. The van der Waals surface area contributed by atoms with Crippen LogP contribution in [0.25, 0.3) is 22.0 Å². The van der Waals surface area contributed by atoms with Crippen LogP contribution in [0.15, 0.2) is 72.8 Å². The predicted molar refractivity (Wildman–Crippen MR) is 145 cm³/mol. The predicted octanol–water partition coefficient (Wildman–Crippen LogP) is 5.00. The molecule has 0 bridgehead atoms. The van der Waals surface area contributed by atoms with Crippen molar-refractivity contribution in [3.8, 4) is 11.1 Å². The number of nitrogens with two attached hydrogens (primary N) is 1. The zero-order chi connectivity index (χ0) is 26.6. The zero-order valence-electron chi connectivity index (χ0n) is 21.2. The molecule has 2 amide bonds. The second kappa shape index (κ2) is 11.1. The van der Waals surface area contributed by atoms with Gasteiger partial charge in [-0.25, -0.2) is 9.18 Å². The average Bonchev–Trinajstić information content (AvgIpc) is 3.46. The Morgan fingerprint density at radius 3 is 2.55 bits per heavy atom. The van der Waals surface area contributed by atoms with Crippen LogP contribution >= 0.6 is 0 Å². The molecule has 1 saturated heterocycles. The van der Waals surface area contributed by atoms with Crippen LogP contribution in [0.5, 0.6) is 0 Å².